The normalized spacial score (nSPS) is 12.4. The van der Waals surface area contributed by atoms with Crippen molar-refractivity contribution >= 4 is 27.8 Å². The van der Waals surface area contributed by atoms with Gasteiger partial charge in [0.15, 0.2) is 0 Å². The minimum Gasteiger partial charge on any atom is -0.748 e. The Balaban J connectivity index is 3.81. The first-order valence-electron chi connectivity index (χ1n) is 6.06. The Kier molecular flexibility index (Phi) is 8.64. The van der Waals surface area contributed by atoms with Gasteiger partial charge in [0.25, 0.3) is 0 Å². The molecule has 0 amide bonds. The number of carbonyl (C=O) groups excluding carboxylic acids is 1. The molecule has 8 heteroatoms. The Bertz CT molecular complexity index is 367. The van der Waals surface area contributed by atoms with E-state index < -0.39 is 10.1 Å². The van der Waals surface area contributed by atoms with Crippen LogP contribution in [-0.2, 0) is 19.6 Å². The zero-order valence-corrected chi connectivity index (χ0v) is 13.4. The lowest BCUT2D eigenvalue weighted by molar-refractivity contribution is -0.890. The number of carbonyl (C=O) groups is 1. The summed E-state index contributed by atoms with van der Waals surface area (Å²) >= 11 is 1.59. The van der Waals surface area contributed by atoms with E-state index in [1.807, 2.05) is 20.4 Å². The largest absolute Gasteiger partial charge is 0.748 e. The Morgan fingerprint density at radius 3 is 2.47 bits per heavy atom. The first-order valence-corrected chi connectivity index (χ1v) is 9.03. The molecule has 0 aliphatic rings. The van der Waals surface area contributed by atoms with Crippen LogP contribution in [0.3, 0.4) is 0 Å². The molecule has 0 bridgehead atoms. The zero-order chi connectivity index (χ0) is 14.9. The maximum absolute atomic E-state index is 11.3. The third-order valence-electron chi connectivity index (χ3n) is 2.63. The molecule has 6 nitrogen and oxygen atoms in total. The lowest BCUT2D eigenvalue weighted by Crippen LogP contribution is -2.43. The minimum atomic E-state index is -4.14. The van der Waals surface area contributed by atoms with Crippen LogP contribution in [0.2, 0.25) is 0 Å². The number of ether oxygens (including phenoxy) is 1. The van der Waals surface area contributed by atoms with Crippen LogP contribution in [0.4, 0.5) is 0 Å². The molecule has 0 aliphatic heterocycles. The van der Waals surface area contributed by atoms with Gasteiger partial charge in [-0.3, -0.25) is 4.79 Å². The molecule has 0 radical (unpaired) electrons. The number of esters is 1. The van der Waals surface area contributed by atoms with Crippen LogP contribution in [0.1, 0.15) is 12.8 Å². The fourth-order valence-electron chi connectivity index (χ4n) is 1.45. The zero-order valence-electron chi connectivity index (χ0n) is 11.8. The first-order chi connectivity index (χ1) is 8.66. The third-order valence-corrected chi connectivity index (χ3v) is 4.03. The molecule has 0 saturated carbocycles. The van der Waals surface area contributed by atoms with Crippen molar-refractivity contribution in [2.45, 2.75) is 12.8 Å². The molecule has 19 heavy (non-hydrogen) atoms. The van der Waals surface area contributed by atoms with Crippen molar-refractivity contribution in [1.29, 1.82) is 0 Å². The van der Waals surface area contributed by atoms with Crippen LogP contribution >= 0.6 is 11.8 Å². The number of hydrogen-bond acceptors (Lipinski definition) is 6. The van der Waals surface area contributed by atoms with E-state index in [9.17, 15) is 17.8 Å². The van der Waals surface area contributed by atoms with Gasteiger partial charge in [-0.1, -0.05) is 0 Å². The van der Waals surface area contributed by atoms with Crippen LogP contribution in [-0.4, -0.2) is 75.0 Å². The van der Waals surface area contributed by atoms with Gasteiger partial charge in [-0.2, -0.15) is 11.8 Å². The predicted molar refractivity (Wildman–Crippen MR) is 75.0 cm³/mol. The maximum Gasteiger partial charge on any atom is 0.306 e. The van der Waals surface area contributed by atoms with Crippen LogP contribution < -0.4 is 0 Å². The van der Waals surface area contributed by atoms with Gasteiger partial charge in [-0.15, -0.1) is 0 Å². The summed E-state index contributed by atoms with van der Waals surface area (Å²) in [5.74, 6) is 0.192. The number of thioether (sulfide) groups is 1. The van der Waals surface area contributed by atoms with Gasteiger partial charge in [-0.25, -0.2) is 8.42 Å². The van der Waals surface area contributed by atoms with E-state index in [4.69, 9.17) is 4.74 Å². The molecule has 0 aromatic rings. The number of quaternary nitrogens is 1. The number of hydrogen-bond donors (Lipinski definition) is 0. The average molecular weight is 313 g/mol. The number of nitrogens with zero attached hydrogens (tertiary/aromatic N) is 1. The van der Waals surface area contributed by atoms with E-state index >= 15 is 0 Å². The Labute approximate surface area is 119 Å². The van der Waals surface area contributed by atoms with Gasteiger partial charge in [0.1, 0.15) is 13.2 Å². The van der Waals surface area contributed by atoms with Gasteiger partial charge in [0.2, 0.25) is 0 Å². The predicted octanol–water partition coefficient (Wildman–Crippen LogP) is 0.294. The molecule has 0 aliphatic carbocycles. The van der Waals surface area contributed by atoms with Gasteiger partial charge in [0.05, 0.1) is 37.2 Å². The highest BCUT2D eigenvalue weighted by Gasteiger charge is 2.16. The van der Waals surface area contributed by atoms with Crippen molar-refractivity contribution in [1.82, 2.24) is 0 Å². The second kappa shape index (κ2) is 8.78. The SMILES string of the molecule is CSCCC(=O)OCC[N+](C)(C)CCCS(=O)(=O)[O-]. The number of rotatable bonds is 10. The van der Waals surface area contributed by atoms with Crippen molar-refractivity contribution in [3.8, 4) is 0 Å². The lowest BCUT2D eigenvalue weighted by Gasteiger charge is -2.29. The Morgan fingerprint density at radius 2 is 1.95 bits per heavy atom. The molecule has 0 fully saturated rings. The standard InChI is InChI=1S/C11H23NO5S2/c1-12(2,6-4-10-19(14,15)16)7-8-17-11(13)5-9-18-3/h4-10H2,1-3H3. The van der Waals surface area contributed by atoms with E-state index in [1.165, 1.54) is 0 Å². The smallest absolute Gasteiger partial charge is 0.306 e. The molecule has 0 aromatic carbocycles. The average Bonchev–Trinajstić information content (AvgIpc) is 2.23. The minimum absolute atomic E-state index is 0.212. The summed E-state index contributed by atoms with van der Waals surface area (Å²) in [4.78, 5) is 11.3. The summed E-state index contributed by atoms with van der Waals surface area (Å²) in [6.45, 7) is 1.47. The molecule has 0 unspecified atom stereocenters. The van der Waals surface area contributed by atoms with Crippen LogP contribution in [0.15, 0.2) is 0 Å². The highest BCUT2D eigenvalue weighted by atomic mass is 32.2. The summed E-state index contributed by atoms with van der Waals surface area (Å²) in [5.41, 5.74) is 0. The highest BCUT2D eigenvalue weighted by molar-refractivity contribution is 7.98. The van der Waals surface area contributed by atoms with Crippen molar-refractivity contribution in [3.63, 3.8) is 0 Å². The van der Waals surface area contributed by atoms with E-state index in [2.05, 4.69) is 0 Å². The van der Waals surface area contributed by atoms with Crippen molar-refractivity contribution < 1.29 is 27.0 Å². The molecule has 0 aromatic heterocycles. The summed E-state index contributed by atoms with van der Waals surface area (Å²) in [6, 6.07) is 0. The fraction of sp³-hybridized carbons (Fsp3) is 0.909. The molecule has 0 spiro atoms. The van der Waals surface area contributed by atoms with Gasteiger partial charge in [0, 0.05) is 17.9 Å². The number of likely N-dealkylation sites (N-methyl/N-ethyl adjacent to an activating group) is 1. The lowest BCUT2D eigenvalue weighted by atomic mass is 10.3. The summed E-state index contributed by atoms with van der Waals surface area (Å²) in [7, 11) is -0.319. The second-order valence-electron chi connectivity index (χ2n) is 4.96. The maximum atomic E-state index is 11.3. The van der Waals surface area contributed by atoms with Gasteiger partial charge in [-0.05, 0) is 6.26 Å². The molecular weight excluding hydrogens is 290 g/mol. The van der Waals surface area contributed by atoms with Crippen molar-refractivity contribution in [2.75, 3.05) is 51.6 Å². The Morgan fingerprint density at radius 1 is 1.32 bits per heavy atom. The summed E-state index contributed by atoms with van der Waals surface area (Å²) in [6.07, 6.45) is 2.65. The molecular formula is C11H23NO5S2. The van der Waals surface area contributed by atoms with Gasteiger partial charge >= 0.3 is 5.97 Å². The first kappa shape index (κ1) is 18.7. The molecule has 0 rings (SSSR count). The highest BCUT2D eigenvalue weighted by Crippen LogP contribution is 2.02. The Hall–Kier alpha value is -0.310. The fourth-order valence-corrected chi connectivity index (χ4v) is 2.30. The van der Waals surface area contributed by atoms with Crippen LogP contribution in [0, 0.1) is 0 Å². The van der Waals surface area contributed by atoms with Gasteiger partial charge < -0.3 is 13.8 Å². The van der Waals surface area contributed by atoms with E-state index in [1.54, 1.807) is 11.8 Å². The summed E-state index contributed by atoms with van der Waals surface area (Å²) < 4.78 is 37.1. The molecule has 0 heterocycles. The van der Waals surface area contributed by atoms with E-state index in [0.717, 1.165) is 5.75 Å². The molecule has 0 saturated heterocycles. The van der Waals surface area contributed by atoms with Crippen LogP contribution in [0.25, 0.3) is 0 Å². The van der Waals surface area contributed by atoms with Crippen molar-refractivity contribution in [3.05, 3.63) is 0 Å². The molecule has 0 atom stereocenters. The van der Waals surface area contributed by atoms with Crippen LogP contribution in [0.5, 0.6) is 0 Å². The third kappa shape index (κ3) is 12.5. The topological polar surface area (TPSA) is 83.5 Å². The second-order valence-corrected chi connectivity index (χ2v) is 7.47. The quantitative estimate of drug-likeness (QED) is 0.327. The molecule has 0 N–H and O–H groups in total. The van der Waals surface area contributed by atoms with E-state index in [-0.39, 0.29) is 11.7 Å². The summed E-state index contributed by atoms with van der Waals surface area (Å²) in [5, 5.41) is 0. The monoisotopic (exact) mass is 313 g/mol. The molecule has 114 valence electrons. The van der Waals surface area contributed by atoms with Crippen molar-refractivity contribution in [2.24, 2.45) is 0 Å². The van der Waals surface area contributed by atoms with E-state index in [0.29, 0.717) is 37.0 Å².